The van der Waals surface area contributed by atoms with Crippen molar-refractivity contribution in [2.75, 3.05) is 0 Å². The first kappa shape index (κ1) is 7.51. The van der Waals surface area contributed by atoms with Crippen LogP contribution in [0.25, 0.3) is 0 Å². The number of amides is 1. The van der Waals surface area contributed by atoms with Crippen LogP contribution < -0.4 is 5.32 Å². The number of alkyl halides is 1. The summed E-state index contributed by atoms with van der Waals surface area (Å²) in [6, 6.07) is 0.125. The average Bonchev–Trinajstić information content (AvgIpc) is 2.44. The van der Waals surface area contributed by atoms with E-state index in [9.17, 15) is 9.18 Å². The van der Waals surface area contributed by atoms with Gasteiger partial charge in [0.25, 0.3) is 0 Å². The Bertz CT molecular complexity index is 147. The Labute approximate surface area is 59.8 Å². The van der Waals surface area contributed by atoms with Crippen LogP contribution in [0.4, 0.5) is 4.39 Å². The van der Waals surface area contributed by atoms with E-state index in [4.69, 9.17) is 0 Å². The molecular weight excluding hydrogens is 133 g/mol. The van der Waals surface area contributed by atoms with Crippen molar-refractivity contribution in [3.63, 3.8) is 0 Å². The average molecular weight is 145 g/mol. The summed E-state index contributed by atoms with van der Waals surface area (Å²) in [4.78, 5) is 10.9. The van der Waals surface area contributed by atoms with Crippen molar-refractivity contribution < 1.29 is 9.18 Å². The molecule has 1 rings (SSSR count). The summed E-state index contributed by atoms with van der Waals surface area (Å²) < 4.78 is 12.2. The van der Waals surface area contributed by atoms with Gasteiger partial charge in [-0.05, 0) is 20.3 Å². The highest BCUT2D eigenvalue weighted by molar-refractivity contribution is 5.82. The van der Waals surface area contributed by atoms with Crippen LogP contribution in [0.2, 0.25) is 0 Å². The zero-order chi connectivity index (χ0) is 7.72. The molecule has 3 heteroatoms. The molecule has 0 heterocycles. The highest BCUT2D eigenvalue weighted by atomic mass is 19.1. The molecule has 0 aromatic carbocycles. The Morgan fingerprint density at radius 3 is 2.50 bits per heavy atom. The molecule has 1 fully saturated rings. The van der Waals surface area contributed by atoms with Crippen molar-refractivity contribution in [3.8, 4) is 0 Å². The Morgan fingerprint density at radius 2 is 2.20 bits per heavy atom. The first-order valence-corrected chi connectivity index (χ1v) is 3.55. The molecule has 0 radical (unpaired) electrons. The molecule has 0 saturated heterocycles. The van der Waals surface area contributed by atoms with Crippen LogP contribution in [0.3, 0.4) is 0 Å². The van der Waals surface area contributed by atoms with E-state index < -0.39 is 6.17 Å². The zero-order valence-electron chi connectivity index (χ0n) is 6.23. The summed E-state index contributed by atoms with van der Waals surface area (Å²) in [5, 5.41) is 2.66. The van der Waals surface area contributed by atoms with E-state index in [1.807, 2.05) is 13.8 Å². The van der Waals surface area contributed by atoms with Crippen molar-refractivity contribution in [1.82, 2.24) is 5.32 Å². The first-order valence-electron chi connectivity index (χ1n) is 3.55. The van der Waals surface area contributed by atoms with E-state index in [-0.39, 0.29) is 17.9 Å². The molecule has 2 atom stereocenters. The highest BCUT2D eigenvalue weighted by Crippen LogP contribution is 2.33. The summed E-state index contributed by atoms with van der Waals surface area (Å²) in [7, 11) is 0. The van der Waals surface area contributed by atoms with Crippen LogP contribution >= 0.6 is 0 Å². The fourth-order valence-electron chi connectivity index (χ4n) is 0.827. The van der Waals surface area contributed by atoms with E-state index in [0.29, 0.717) is 6.42 Å². The van der Waals surface area contributed by atoms with Crippen molar-refractivity contribution in [3.05, 3.63) is 0 Å². The van der Waals surface area contributed by atoms with E-state index in [1.165, 1.54) is 0 Å². The smallest absolute Gasteiger partial charge is 0.226 e. The summed E-state index contributed by atoms with van der Waals surface area (Å²) >= 11 is 0. The molecule has 1 N–H and O–H groups in total. The number of nitrogens with one attached hydrogen (secondary N) is 1. The number of halogens is 1. The Hall–Kier alpha value is -0.600. The monoisotopic (exact) mass is 145 g/mol. The summed E-state index contributed by atoms with van der Waals surface area (Å²) in [5.74, 6) is -0.482. The molecule has 58 valence electrons. The molecule has 0 spiro atoms. The fraction of sp³-hybridized carbons (Fsp3) is 0.857. The lowest BCUT2D eigenvalue weighted by molar-refractivity contribution is -0.123. The summed E-state index contributed by atoms with van der Waals surface area (Å²) in [5.41, 5.74) is 0. The molecule has 0 aromatic heterocycles. The van der Waals surface area contributed by atoms with Crippen LogP contribution in [-0.4, -0.2) is 18.1 Å². The van der Waals surface area contributed by atoms with Gasteiger partial charge in [0.1, 0.15) is 6.17 Å². The van der Waals surface area contributed by atoms with Crippen molar-refractivity contribution in [1.29, 1.82) is 0 Å². The number of carbonyl (C=O) groups is 1. The van der Waals surface area contributed by atoms with Gasteiger partial charge < -0.3 is 5.32 Å². The van der Waals surface area contributed by atoms with Gasteiger partial charge in [-0.1, -0.05) is 0 Å². The predicted octanol–water partition coefficient (Wildman–Crippen LogP) is 0.869. The van der Waals surface area contributed by atoms with Gasteiger partial charge in [0.05, 0.1) is 5.92 Å². The number of carbonyl (C=O) groups excluding carboxylic acids is 1. The highest BCUT2D eigenvalue weighted by Gasteiger charge is 2.43. The van der Waals surface area contributed by atoms with E-state index in [1.54, 1.807) is 0 Å². The van der Waals surface area contributed by atoms with Crippen molar-refractivity contribution in [2.24, 2.45) is 5.92 Å². The SMILES string of the molecule is CC(C)NC(=O)[C@@H]1C[C@@H]1F. The lowest BCUT2D eigenvalue weighted by Gasteiger charge is -2.05. The maximum atomic E-state index is 12.2. The second-order valence-electron chi connectivity index (χ2n) is 3.02. The van der Waals surface area contributed by atoms with Gasteiger partial charge in [-0.3, -0.25) is 4.79 Å². The van der Waals surface area contributed by atoms with Gasteiger partial charge >= 0.3 is 0 Å². The standard InChI is InChI=1S/C7H12FNO/c1-4(2)9-7(10)5-3-6(5)8/h4-6H,3H2,1-2H3,(H,9,10)/t5-,6+/m1/s1. The Morgan fingerprint density at radius 1 is 1.70 bits per heavy atom. The minimum absolute atomic E-state index is 0.125. The fourth-order valence-corrected chi connectivity index (χ4v) is 0.827. The van der Waals surface area contributed by atoms with Crippen LogP contribution in [0.15, 0.2) is 0 Å². The largest absolute Gasteiger partial charge is 0.354 e. The maximum absolute atomic E-state index is 12.2. The molecule has 0 aliphatic heterocycles. The molecule has 1 aliphatic carbocycles. The molecule has 10 heavy (non-hydrogen) atoms. The van der Waals surface area contributed by atoms with Crippen LogP contribution in [0.1, 0.15) is 20.3 Å². The van der Waals surface area contributed by atoms with Gasteiger partial charge in [-0.2, -0.15) is 0 Å². The quantitative estimate of drug-likeness (QED) is 0.613. The Kier molecular flexibility index (Phi) is 1.92. The molecule has 0 unspecified atom stereocenters. The van der Waals surface area contributed by atoms with E-state index in [0.717, 1.165) is 0 Å². The lowest BCUT2D eigenvalue weighted by atomic mass is 10.3. The third kappa shape index (κ3) is 1.69. The zero-order valence-corrected chi connectivity index (χ0v) is 6.23. The minimum Gasteiger partial charge on any atom is -0.354 e. The van der Waals surface area contributed by atoms with Crippen molar-refractivity contribution in [2.45, 2.75) is 32.5 Å². The van der Waals surface area contributed by atoms with Crippen LogP contribution in [0, 0.1) is 5.92 Å². The molecule has 0 aromatic rings. The molecule has 2 nitrogen and oxygen atoms in total. The van der Waals surface area contributed by atoms with Gasteiger partial charge in [0, 0.05) is 6.04 Å². The minimum atomic E-state index is -0.876. The summed E-state index contributed by atoms with van der Waals surface area (Å²) in [6.45, 7) is 3.74. The number of hydrogen-bond acceptors (Lipinski definition) is 1. The molecule has 1 aliphatic rings. The second kappa shape index (κ2) is 2.56. The maximum Gasteiger partial charge on any atom is 0.226 e. The third-order valence-corrected chi connectivity index (χ3v) is 1.48. The Balaban J connectivity index is 2.23. The van der Waals surface area contributed by atoms with Crippen LogP contribution in [-0.2, 0) is 4.79 Å². The molecule has 1 amide bonds. The lowest BCUT2D eigenvalue weighted by Crippen LogP contribution is -2.31. The molecular formula is C7H12FNO. The predicted molar refractivity (Wildman–Crippen MR) is 36.3 cm³/mol. The van der Waals surface area contributed by atoms with E-state index >= 15 is 0 Å². The summed E-state index contributed by atoms with van der Waals surface area (Å²) in [6.07, 6.45) is -0.461. The third-order valence-electron chi connectivity index (χ3n) is 1.48. The van der Waals surface area contributed by atoms with Gasteiger partial charge in [-0.25, -0.2) is 4.39 Å². The molecule has 1 saturated carbocycles. The number of rotatable bonds is 2. The van der Waals surface area contributed by atoms with Gasteiger partial charge in [0.2, 0.25) is 5.91 Å². The van der Waals surface area contributed by atoms with Gasteiger partial charge in [-0.15, -0.1) is 0 Å². The topological polar surface area (TPSA) is 29.1 Å². The first-order chi connectivity index (χ1) is 4.61. The van der Waals surface area contributed by atoms with Gasteiger partial charge in [0.15, 0.2) is 0 Å². The number of hydrogen-bond donors (Lipinski definition) is 1. The van der Waals surface area contributed by atoms with E-state index in [2.05, 4.69) is 5.32 Å². The van der Waals surface area contributed by atoms with Crippen molar-refractivity contribution >= 4 is 5.91 Å². The normalized spacial score (nSPS) is 30.4. The second-order valence-corrected chi connectivity index (χ2v) is 3.02. The molecule has 0 bridgehead atoms. The van der Waals surface area contributed by atoms with Crippen LogP contribution in [0.5, 0.6) is 0 Å².